The lowest BCUT2D eigenvalue weighted by atomic mass is 10.1. The number of hydrogen-bond acceptors (Lipinski definition) is 2. The molecule has 100 valence electrons. The molecule has 0 saturated heterocycles. The molecule has 0 amide bonds. The van der Waals surface area contributed by atoms with Crippen LogP contribution in [-0.2, 0) is 25.9 Å². The first-order valence-electron chi connectivity index (χ1n) is 7.62. The van der Waals surface area contributed by atoms with Gasteiger partial charge in [-0.15, -0.1) is 0 Å². The second-order valence-electron chi connectivity index (χ2n) is 5.86. The molecule has 2 saturated carbocycles. The number of aryl methyl sites for hydroxylation is 1. The largest absolute Gasteiger partial charge is 0.310 e. The minimum Gasteiger partial charge on any atom is -0.310 e. The van der Waals surface area contributed by atoms with Crippen LogP contribution in [0.25, 0.3) is 0 Å². The highest BCUT2D eigenvalue weighted by Crippen LogP contribution is 2.32. The van der Waals surface area contributed by atoms with Crippen molar-refractivity contribution in [3.63, 3.8) is 0 Å². The summed E-state index contributed by atoms with van der Waals surface area (Å²) in [6.07, 6.45) is 7.70. The van der Waals surface area contributed by atoms with Crippen LogP contribution in [0.5, 0.6) is 0 Å². The van der Waals surface area contributed by atoms with E-state index in [1.807, 2.05) is 0 Å². The molecule has 0 aliphatic heterocycles. The van der Waals surface area contributed by atoms with Crippen molar-refractivity contribution in [3.8, 4) is 0 Å². The monoisotopic (exact) mass is 247 g/mol. The van der Waals surface area contributed by atoms with Gasteiger partial charge in [-0.25, -0.2) is 0 Å². The summed E-state index contributed by atoms with van der Waals surface area (Å²) in [7, 11) is 0. The van der Waals surface area contributed by atoms with E-state index < -0.39 is 0 Å². The van der Waals surface area contributed by atoms with Gasteiger partial charge in [0.05, 0.1) is 5.69 Å². The zero-order valence-corrected chi connectivity index (χ0v) is 11.7. The van der Waals surface area contributed by atoms with Gasteiger partial charge in [-0.2, -0.15) is 5.10 Å². The van der Waals surface area contributed by atoms with Gasteiger partial charge >= 0.3 is 0 Å². The van der Waals surface area contributed by atoms with E-state index in [9.17, 15) is 0 Å². The Labute approximate surface area is 110 Å². The van der Waals surface area contributed by atoms with Crippen LogP contribution < -0.4 is 5.32 Å². The minimum absolute atomic E-state index is 0.784. The van der Waals surface area contributed by atoms with Crippen LogP contribution in [0, 0.1) is 5.92 Å². The first-order chi connectivity index (χ1) is 8.81. The maximum Gasteiger partial charge on any atom is 0.0669 e. The van der Waals surface area contributed by atoms with E-state index in [0.717, 1.165) is 37.9 Å². The molecule has 1 N–H and O–H groups in total. The maximum atomic E-state index is 4.85. The zero-order valence-electron chi connectivity index (χ0n) is 11.7. The number of nitrogens with zero attached hydrogens (tertiary/aromatic N) is 2. The molecular weight excluding hydrogens is 222 g/mol. The molecule has 3 nitrogen and oxygen atoms in total. The summed E-state index contributed by atoms with van der Waals surface area (Å²) in [5.41, 5.74) is 4.29. The zero-order chi connectivity index (χ0) is 12.5. The van der Waals surface area contributed by atoms with Gasteiger partial charge < -0.3 is 5.32 Å². The Balaban J connectivity index is 1.79. The second-order valence-corrected chi connectivity index (χ2v) is 5.86. The number of nitrogens with one attached hydrogen (secondary N) is 1. The molecule has 2 fully saturated rings. The van der Waals surface area contributed by atoms with E-state index in [0.29, 0.717) is 0 Å². The molecule has 1 aromatic heterocycles. The van der Waals surface area contributed by atoms with Gasteiger partial charge in [0.25, 0.3) is 0 Å². The molecule has 0 radical (unpaired) electrons. The topological polar surface area (TPSA) is 29.9 Å². The summed E-state index contributed by atoms with van der Waals surface area (Å²) >= 11 is 0. The standard InChI is InChI=1S/C15H25N3/c1-3-14-13(9-16-12-7-8-12)15(4-2)18(17-14)10-11-5-6-11/h11-12,16H,3-10H2,1-2H3. The average molecular weight is 247 g/mol. The van der Waals surface area contributed by atoms with Gasteiger partial charge in [0.2, 0.25) is 0 Å². The van der Waals surface area contributed by atoms with E-state index >= 15 is 0 Å². The fourth-order valence-electron chi connectivity index (χ4n) is 2.70. The highest BCUT2D eigenvalue weighted by Gasteiger charge is 2.26. The first kappa shape index (κ1) is 12.2. The smallest absolute Gasteiger partial charge is 0.0669 e. The molecule has 3 heteroatoms. The Kier molecular flexibility index (Phi) is 3.42. The van der Waals surface area contributed by atoms with Crippen LogP contribution in [0.3, 0.4) is 0 Å². The van der Waals surface area contributed by atoms with Crippen molar-refractivity contribution in [2.24, 2.45) is 5.92 Å². The third kappa shape index (κ3) is 2.61. The van der Waals surface area contributed by atoms with Crippen LogP contribution in [-0.4, -0.2) is 15.8 Å². The normalized spacial score (nSPS) is 19.4. The lowest BCUT2D eigenvalue weighted by molar-refractivity contribution is 0.536. The van der Waals surface area contributed by atoms with Gasteiger partial charge in [0, 0.05) is 30.4 Å². The third-order valence-electron chi connectivity index (χ3n) is 4.19. The predicted octanol–water partition coefficient (Wildman–Crippen LogP) is 2.67. The van der Waals surface area contributed by atoms with E-state index in [1.165, 1.54) is 42.6 Å². The fraction of sp³-hybridized carbons (Fsp3) is 0.800. The molecule has 0 aromatic carbocycles. The Morgan fingerprint density at radius 2 is 1.94 bits per heavy atom. The van der Waals surface area contributed by atoms with Gasteiger partial charge in [0.1, 0.15) is 0 Å². The van der Waals surface area contributed by atoms with Crippen molar-refractivity contribution >= 4 is 0 Å². The highest BCUT2D eigenvalue weighted by atomic mass is 15.3. The SMILES string of the molecule is CCc1nn(CC2CC2)c(CC)c1CNC1CC1. The molecule has 18 heavy (non-hydrogen) atoms. The summed E-state index contributed by atoms with van der Waals surface area (Å²) in [4.78, 5) is 0. The highest BCUT2D eigenvalue weighted by molar-refractivity contribution is 5.27. The summed E-state index contributed by atoms with van der Waals surface area (Å²) in [5, 5.41) is 8.51. The minimum atomic E-state index is 0.784. The number of rotatable bonds is 7. The number of hydrogen-bond donors (Lipinski definition) is 1. The van der Waals surface area contributed by atoms with Gasteiger partial charge in [-0.05, 0) is 44.4 Å². The van der Waals surface area contributed by atoms with Crippen molar-refractivity contribution in [3.05, 3.63) is 17.0 Å². The van der Waals surface area contributed by atoms with Crippen molar-refractivity contribution in [2.75, 3.05) is 0 Å². The van der Waals surface area contributed by atoms with Crippen LogP contribution in [0.1, 0.15) is 56.5 Å². The summed E-state index contributed by atoms with van der Waals surface area (Å²) in [6.45, 7) is 6.67. The van der Waals surface area contributed by atoms with Crippen molar-refractivity contribution in [1.29, 1.82) is 0 Å². The van der Waals surface area contributed by atoms with E-state index in [4.69, 9.17) is 5.10 Å². The fourth-order valence-corrected chi connectivity index (χ4v) is 2.70. The lowest BCUT2D eigenvalue weighted by Crippen LogP contribution is -2.17. The van der Waals surface area contributed by atoms with Crippen LogP contribution in [0.15, 0.2) is 0 Å². The predicted molar refractivity (Wildman–Crippen MR) is 73.6 cm³/mol. The van der Waals surface area contributed by atoms with Gasteiger partial charge in [-0.1, -0.05) is 13.8 Å². The van der Waals surface area contributed by atoms with E-state index in [1.54, 1.807) is 0 Å². The second kappa shape index (κ2) is 5.04. The average Bonchev–Trinajstić information content (AvgIpc) is 3.26. The summed E-state index contributed by atoms with van der Waals surface area (Å²) in [5.74, 6) is 0.907. The molecule has 2 aliphatic rings. The third-order valence-corrected chi connectivity index (χ3v) is 4.19. The van der Waals surface area contributed by atoms with Crippen LogP contribution in [0.2, 0.25) is 0 Å². The molecule has 2 aliphatic carbocycles. The van der Waals surface area contributed by atoms with Gasteiger partial charge in [-0.3, -0.25) is 4.68 Å². The number of aromatic nitrogens is 2. The maximum absolute atomic E-state index is 4.85. The molecular formula is C15H25N3. The molecule has 0 unspecified atom stereocenters. The summed E-state index contributed by atoms with van der Waals surface area (Å²) in [6, 6.07) is 0.784. The van der Waals surface area contributed by atoms with Crippen LogP contribution >= 0.6 is 0 Å². The van der Waals surface area contributed by atoms with Crippen molar-refractivity contribution < 1.29 is 0 Å². The van der Waals surface area contributed by atoms with Crippen molar-refractivity contribution in [1.82, 2.24) is 15.1 Å². The van der Waals surface area contributed by atoms with Crippen LogP contribution in [0.4, 0.5) is 0 Å². The Morgan fingerprint density at radius 1 is 1.17 bits per heavy atom. The molecule has 0 bridgehead atoms. The first-order valence-corrected chi connectivity index (χ1v) is 7.62. The van der Waals surface area contributed by atoms with E-state index in [-0.39, 0.29) is 0 Å². The lowest BCUT2D eigenvalue weighted by Gasteiger charge is -2.08. The molecule has 1 aromatic rings. The van der Waals surface area contributed by atoms with Crippen molar-refractivity contribution in [2.45, 2.75) is 71.5 Å². The van der Waals surface area contributed by atoms with Gasteiger partial charge in [0.15, 0.2) is 0 Å². The molecule has 1 heterocycles. The molecule has 0 spiro atoms. The molecule has 3 rings (SSSR count). The Morgan fingerprint density at radius 3 is 2.50 bits per heavy atom. The molecule has 0 atom stereocenters. The van der Waals surface area contributed by atoms with E-state index in [2.05, 4.69) is 23.8 Å². The summed E-state index contributed by atoms with van der Waals surface area (Å²) < 4.78 is 2.31. The Hall–Kier alpha value is -0.830. The Bertz CT molecular complexity index is 414. The quantitative estimate of drug-likeness (QED) is 0.803.